The molecule has 0 saturated carbocycles. The summed E-state index contributed by atoms with van der Waals surface area (Å²) >= 11 is 3.52. The van der Waals surface area contributed by atoms with Gasteiger partial charge in [-0.1, -0.05) is 15.9 Å². The Hall–Kier alpha value is -0.540. The molecule has 1 fully saturated rings. The Balaban J connectivity index is 2.14. The molecule has 1 heterocycles. The quantitative estimate of drug-likeness (QED) is 0.852. The van der Waals surface area contributed by atoms with E-state index in [0.29, 0.717) is 0 Å². The largest absolute Gasteiger partial charge is 0.370 e. The van der Waals surface area contributed by atoms with Crippen LogP contribution in [0.25, 0.3) is 0 Å². The zero-order chi connectivity index (χ0) is 11.4. The Bertz CT molecular complexity index is 344. The predicted octanol–water partition coefficient (Wildman–Crippen LogP) is 2.95. The van der Waals surface area contributed by atoms with Crippen LogP contribution in [0.1, 0.15) is 18.4 Å². The molecule has 16 heavy (non-hydrogen) atoms. The number of aryl methyl sites for hydroxylation is 1. The first kappa shape index (κ1) is 11.9. The molecule has 3 heteroatoms. The fourth-order valence-electron chi connectivity index (χ4n) is 2.22. The van der Waals surface area contributed by atoms with Gasteiger partial charge in [0.1, 0.15) is 0 Å². The lowest BCUT2D eigenvalue weighted by Gasteiger charge is -2.28. The van der Waals surface area contributed by atoms with Gasteiger partial charge in [0.05, 0.1) is 0 Å². The van der Waals surface area contributed by atoms with Gasteiger partial charge in [-0.15, -0.1) is 0 Å². The third kappa shape index (κ3) is 2.98. The van der Waals surface area contributed by atoms with Gasteiger partial charge in [-0.05, 0) is 50.1 Å². The third-order valence-electron chi connectivity index (χ3n) is 3.09. The standard InChI is InChI=1S/C13H19BrN2/c1-11-10-12(14)4-5-13(11)16-8-3-2-6-15-7-9-16/h4-5,10,15H,2-3,6-9H2,1H3. The van der Waals surface area contributed by atoms with E-state index in [4.69, 9.17) is 0 Å². The molecule has 0 spiro atoms. The average molecular weight is 283 g/mol. The van der Waals surface area contributed by atoms with Crippen molar-refractivity contribution >= 4 is 21.6 Å². The van der Waals surface area contributed by atoms with Crippen molar-refractivity contribution in [3.05, 3.63) is 28.2 Å². The van der Waals surface area contributed by atoms with Crippen molar-refractivity contribution in [2.75, 3.05) is 31.1 Å². The minimum atomic E-state index is 1.09. The monoisotopic (exact) mass is 282 g/mol. The maximum Gasteiger partial charge on any atom is 0.0397 e. The first-order chi connectivity index (χ1) is 7.77. The molecule has 0 radical (unpaired) electrons. The first-order valence-corrected chi connectivity index (χ1v) is 6.78. The van der Waals surface area contributed by atoms with Crippen molar-refractivity contribution in [2.24, 2.45) is 0 Å². The zero-order valence-corrected chi connectivity index (χ0v) is 11.4. The molecular formula is C13H19BrN2. The van der Waals surface area contributed by atoms with E-state index in [-0.39, 0.29) is 0 Å². The molecule has 0 aromatic heterocycles. The number of nitrogens with one attached hydrogen (secondary N) is 1. The van der Waals surface area contributed by atoms with Crippen LogP contribution in [0.15, 0.2) is 22.7 Å². The summed E-state index contributed by atoms with van der Waals surface area (Å²) in [5.74, 6) is 0. The summed E-state index contributed by atoms with van der Waals surface area (Å²) in [5, 5.41) is 3.47. The summed E-state index contributed by atoms with van der Waals surface area (Å²) in [5.41, 5.74) is 2.74. The number of rotatable bonds is 1. The molecule has 1 N–H and O–H groups in total. The number of anilines is 1. The first-order valence-electron chi connectivity index (χ1n) is 5.99. The molecule has 2 rings (SSSR count). The number of hydrogen-bond donors (Lipinski definition) is 1. The van der Waals surface area contributed by atoms with Gasteiger partial charge < -0.3 is 10.2 Å². The van der Waals surface area contributed by atoms with Crippen LogP contribution < -0.4 is 10.2 Å². The highest BCUT2D eigenvalue weighted by atomic mass is 79.9. The van der Waals surface area contributed by atoms with Crippen molar-refractivity contribution in [1.82, 2.24) is 5.32 Å². The second-order valence-electron chi connectivity index (χ2n) is 4.37. The van der Waals surface area contributed by atoms with Crippen LogP contribution in [0, 0.1) is 6.92 Å². The minimum Gasteiger partial charge on any atom is -0.370 e. The fourth-order valence-corrected chi connectivity index (χ4v) is 2.69. The highest BCUT2D eigenvalue weighted by Gasteiger charge is 2.10. The highest BCUT2D eigenvalue weighted by Crippen LogP contribution is 2.24. The van der Waals surface area contributed by atoms with Crippen molar-refractivity contribution in [1.29, 1.82) is 0 Å². The third-order valence-corrected chi connectivity index (χ3v) is 3.58. The van der Waals surface area contributed by atoms with E-state index >= 15 is 0 Å². The van der Waals surface area contributed by atoms with Crippen LogP contribution in [-0.2, 0) is 0 Å². The van der Waals surface area contributed by atoms with E-state index in [1.165, 1.54) is 41.7 Å². The molecule has 1 aromatic rings. The van der Waals surface area contributed by atoms with Crippen LogP contribution in [-0.4, -0.2) is 26.2 Å². The molecule has 1 aliphatic heterocycles. The van der Waals surface area contributed by atoms with E-state index in [9.17, 15) is 0 Å². The molecular weight excluding hydrogens is 264 g/mol. The molecule has 2 nitrogen and oxygen atoms in total. The number of hydrogen-bond acceptors (Lipinski definition) is 2. The Kier molecular flexibility index (Phi) is 4.24. The molecule has 0 aliphatic carbocycles. The zero-order valence-electron chi connectivity index (χ0n) is 9.80. The highest BCUT2D eigenvalue weighted by molar-refractivity contribution is 9.10. The van der Waals surface area contributed by atoms with Gasteiger partial charge in [0.25, 0.3) is 0 Å². The van der Waals surface area contributed by atoms with Crippen LogP contribution in [0.2, 0.25) is 0 Å². The summed E-state index contributed by atoms with van der Waals surface area (Å²) in [7, 11) is 0. The van der Waals surface area contributed by atoms with Gasteiger partial charge in [0.15, 0.2) is 0 Å². The van der Waals surface area contributed by atoms with E-state index in [1.54, 1.807) is 0 Å². The van der Waals surface area contributed by atoms with Gasteiger partial charge in [0, 0.05) is 29.8 Å². The van der Waals surface area contributed by atoms with Gasteiger partial charge in [-0.25, -0.2) is 0 Å². The molecule has 0 amide bonds. The number of halogens is 1. The summed E-state index contributed by atoms with van der Waals surface area (Å²) in [6.07, 6.45) is 2.56. The topological polar surface area (TPSA) is 15.3 Å². The van der Waals surface area contributed by atoms with Crippen LogP contribution in [0.5, 0.6) is 0 Å². The lowest BCUT2D eigenvalue weighted by molar-refractivity contribution is 0.566. The molecule has 1 aliphatic rings. The van der Waals surface area contributed by atoms with Crippen molar-refractivity contribution in [2.45, 2.75) is 19.8 Å². The smallest absolute Gasteiger partial charge is 0.0397 e. The lowest BCUT2D eigenvalue weighted by atomic mass is 10.1. The van der Waals surface area contributed by atoms with Crippen molar-refractivity contribution in [3.63, 3.8) is 0 Å². The lowest BCUT2D eigenvalue weighted by Crippen LogP contribution is -2.36. The Morgan fingerprint density at radius 3 is 2.88 bits per heavy atom. The summed E-state index contributed by atoms with van der Waals surface area (Å²) in [6.45, 7) is 6.75. The normalized spacial score (nSPS) is 18.0. The van der Waals surface area contributed by atoms with E-state index in [2.05, 4.69) is 51.3 Å². The Labute approximate surface area is 106 Å². The molecule has 1 saturated heterocycles. The minimum absolute atomic E-state index is 1.09. The molecule has 0 bridgehead atoms. The summed E-state index contributed by atoms with van der Waals surface area (Å²) in [6, 6.07) is 6.55. The van der Waals surface area contributed by atoms with Gasteiger partial charge in [0.2, 0.25) is 0 Å². The van der Waals surface area contributed by atoms with E-state index < -0.39 is 0 Å². The van der Waals surface area contributed by atoms with Gasteiger partial charge in [-0.3, -0.25) is 0 Å². The Morgan fingerprint density at radius 2 is 2.06 bits per heavy atom. The maximum absolute atomic E-state index is 3.52. The summed E-state index contributed by atoms with van der Waals surface area (Å²) < 4.78 is 1.17. The molecule has 88 valence electrons. The van der Waals surface area contributed by atoms with Gasteiger partial charge in [-0.2, -0.15) is 0 Å². The second kappa shape index (κ2) is 5.69. The molecule has 1 aromatic carbocycles. The second-order valence-corrected chi connectivity index (χ2v) is 5.29. The Morgan fingerprint density at radius 1 is 1.19 bits per heavy atom. The van der Waals surface area contributed by atoms with Gasteiger partial charge >= 0.3 is 0 Å². The summed E-state index contributed by atoms with van der Waals surface area (Å²) in [4.78, 5) is 2.49. The average Bonchev–Trinajstić information content (AvgIpc) is 2.19. The number of benzene rings is 1. The van der Waals surface area contributed by atoms with Crippen molar-refractivity contribution < 1.29 is 0 Å². The van der Waals surface area contributed by atoms with Crippen LogP contribution in [0.4, 0.5) is 5.69 Å². The van der Waals surface area contributed by atoms with E-state index in [0.717, 1.165) is 13.1 Å². The fraction of sp³-hybridized carbons (Fsp3) is 0.538. The van der Waals surface area contributed by atoms with Crippen LogP contribution in [0.3, 0.4) is 0 Å². The van der Waals surface area contributed by atoms with Crippen LogP contribution >= 0.6 is 15.9 Å². The molecule has 0 atom stereocenters. The molecule has 0 unspecified atom stereocenters. The number of nitrogens with zero attached hydrogens (tertiary/aromatic N) is 1. The maximum atomic E-state index is 3.52. The van der Waals surface area contributed by atoms with Crippen molar-refractivity contribution in [3.8, 4) is 0 Å². The SMILES string of the molecule is Cc1cc(Br)ccc1N1CCCCNCC1. The van der Waals surface area contributed by atoms with E-state index in [1.807, 2.05) is 0 Å². The predicted molar refractivity (Wildman–Crippen MR) is 73.2 cm³/mol.